The highest BCUT2D eigenvalue weighted by Gasteiger charge is 2.18. The number of methoxy groups -OCH3 is 4. The van der Waals surface area contributed by atoms with Crippen molar-refractivity contribution in [3.8, 4) is 23.5 Å². The van der Waals surface area contributed by atoms with E-state index in [1.807, 2.05) is 0 Å². The number of nitrogens with zero attached hydrogens (tertiary/aromatic N) is 4. The number of carboxylic acid groups (broad SMARTS) is 2. The smallest absolute Gasteiger partial charge is 0.338 e. The van der Waals surface area contributed by atoms with Crippen LogP contribution in [0.3, 0.4) is 0 Å². The Hall–Kier alpha value is -3.98. The molecule has 0 unspecified atom stereocenters. The van der Waals surface area contributed by atoms with Crippen molar-refractivity contribution >= 4 is 58.7 Å². The molecule has 12 nitrogen and oxygen atoms in total. The maximum Gasteiger partial charge on any atom is 0.338 e. The molecule has 0 saturated carbocycles. The number of carboxylic acids is 2. The summed E-state index contributed by atoms with van der Waals surface area (Å²) in [4.78, 5) is 40.0. The van der Waals surface area contributed by atoms with Gasteiger partial charge in [-0.1, -0.05) is 35.3 Å². The highest BCUT2D eigenvalue weighted by molar-refractivity contribution is 7.99. The molecule has 16 heteroatoms. The Labute approximate surface area is 258 Å². The van der Waals surface area contributed by atoms with E-state index in [-0.39, 0.29) is 21.2 Å². The zero-order valence-corrected chi connectivity index (χ0v) is 25.5. The molecule has 0 saturated heterocycles. The molecule has 4 aromatic rings. The highest BCUT2D eigenvalue weighted by atomic mass is 35.5. The SMILES string of the molecule is COc1cc(OC)nc(Sc2cccc(Cl)c2C(=O)O)n1.COc1cc(OC)nc(Sc2cccc(Cl)c2C(=O)O)n1. The predicted octanol–water partition coefficient (Wildman–Crippen LogP) is 5.99. The zero-order valence-electron chi connectivity index (χ0n) is 22.3. The average Bonchev–Trinajstić information content (AvgIpc) is 2.96. The molecule has 0 radical (unpaired) electrons. The third kappa shape index (κ3) is 8.52. The lowest BCUT2D eigenvalue weighted by Gasteiger charge is -2.08. The van der Waals surface area contributed by atoms with Gasteiger partial charge in [0.25, 0.3) is 0 Å². The van der Waals surface area contributed by atoms with Crippen molar-refractivity contribution in [2.24, 2.45) is 0 Å². The van der Waals surface area contributed by atoms with Gasteiger partial charge in [-0.2, -0.15) is 19.9 Å². The Balaban J connectivity index is 0.000000230. The second-order valence-electron chi connectivity index (χ2n) is 7.51. The van der Waals surface area contributed by atoms with E-state index in [4.69, 9.17) is 42.1 Å². The lowest BCUT2D eigenvalue weighted by molar-refractivity contribution is 0.0682. The van der Waals surface area contributed by atoms with Crippen LogP contribution in [-0.2, 0) is 0 Å². The fourth-order valence-corrected chi connectivity index (χ4v) is 5.52. The Bertz CT molecular complexity index is 1430. The van der Waals surface area contributed by atoms with E-state index in [9.17, 15) is 19.8 Å². The molecule has 4 rings (SSSR count). The van der Waals surface area contributed by atoms with Gasteiger partial charge in [0.2, 0.25) is 23.5 Å². The van der Waals surface area contributed by atoms with Crippen molar-refractivity contribution in [1.29, 1.82) is 0 Å². The van der Waals surface area contributed by atoms with Crippen LogP contribution in [0.1, 0.15) is 20.7 Å². The van der Waals surface area contributed by atoms with Gasteiger partial charge in [-0.15, -0.1) is 0 Å². The fraction of sp³-hybridized carbons (Fsp3) is 0.154. The summed E-state index contributed by atoms with van der Waals surface area (Å²) in [5, 5.41) is 19.4. The number of hydrogen-bond acceptors (Lipinski definition) is 12. The molecular formula is C26H22Cl2N4O8S2. The lowest BCUT2D eigenvalue weighted by atomic mass is 10.2. The fourth-order valence-electron chi connectivity index (χ4n) is 3.07. The first-order chi connectivity index (χ1) is 20.1. The molecule has 42 heavy (non-hydrogen) atoms. The molecule has 0 aliphatic heterocycles. The first kappa shape index (κ1) is 32.5. The molecule has 220 valence electrons. The van der Waals surface area contributed by atoms with Crippen molar-refractivity contribution in [1.82, 2.24) is 19.9 Å². The summed E-state index contributed by atoms with van der Waals surface area (Å²) in [5.74, 6) is -0.936. The lowest BCUT2D eigenvalue weighted by Crippen LogP contribution is -2.01. The van der Waals surface area contributed by atoms with E-state index >= 15 is 0 Å². The molecule has 0 bridgehead atoms. The highest BCUT2D eigenvalue weighted by Crippen LogP contribution is 2.35. The van der Waals surface area contributed by atoms with E-state index in [2.05, 4.69) is 19.9 Å². The largest absolute Gasteiger partial charge is 0.481 e. The van der Waals surface area contributed by atoms with Crippen LogP contribution < -0.4 is 18.9 Å². The van der Waals surface area contributed by atoms with Gasteiger partial charge in [0, 0.05) is 9.79 Å². The third-order valence-electron chi connectivity index (χ3n) is 4.93. The Morgan fingerprint density at radius 2 is 0.929 bits per heavy atom. The normalized spacial score (nSPS) is 10.2. The summed E-state index contributed by atoms with van der Waals surface area (Å²) < 4.78 is 20.2. The summed E-state index contributed by atoms with van der Waals surface area (Å²) >= 11 is 14.0. The molecule has 0 aliphatic rings. The van der Waals surface area contributed by atoms with Crippen LogP contribution in [0, 0.1) is 0 Å². The summed E-state index contributed by atoms with van der Waals surface area (Å²) in [7, 11) is 5.88. The van der Waals surface area contributed by atoms with Crippen molar-refractivity contribution < 1.29 is 38.7 Å². The summed E-state index contributed by atoms with van der Waals surface area (Å²) in [6, 6.07) is 12.7. The van der Waals surface area contributed by atoms with Crippen LogP contribution in [0.2, 0.25) is 10.0 Å². The van der Waals surface area contributed by atoms with Crippen molar-refractivity contribution in [2.75, 3.05) is 28.4 Å². The molecule has 2 N–H and O–H groups in total. The molecule has 0 amide bonds. The molecule has 2 aromatic carbocycles. The molecule has 0 aliphatic carbocycles. The standard InChI is InChI=1S/2C13H11ClN2O4S/c2*1-19-9-6-10(20-2)16-13(15-9)21-8-5-3-4-7(14)11(8)12(17)18/h2*3-6H,1-2H3,(H,17,18). The maximum absolute atomic E-state index is 11.3. The molecule has 0 atom stereocenters. The molecule has 0 spiro atoms. The average molecular weight is 654 g/mol. The summed E-state index contributed by atoms with van der Waals surface area (Å²) in [5.41, 5.74) is 0.0177. The predicted molar refractivity (Wildman–Crippen MR) is 155 cm³/mol. The van der Waals surface area contributed by atoms with Crippen LogP contribution in [0.5, 0.6) is 23.5 Å². The number of halogens is 2. The van der Waals surface area contributed by atoms with Crippen LogP contribution in [0.25, 0.3) is 0 Å². The maximum atomic E-state index is 11.3. The molecule has 2 heterocycles. The minimum Gasteiger partial charge on any atom is -0.481 e. The number of aromatic nitrogens is 4. The number of rotatable bonds is 10. The van der Waals surface area contributed by atoms with Gasteiger partial charge in [-0.05, 0) is 47.8 Å². The molecular weight excluding hydrogens is 631 g/mol. The first-order valence-electron chi connectivity index (χ1n) is 11.4. The number of carbonyl (C=O) groups is 2. The van der Waals surface area contributed by atoms with Crippen molar-refractivity contribution in [2.45, 2.75) is 20.1 Å². The van der Waals surface area contributed by atoms with Gasteiger partial charge < -0.3 is 29.2 Å². The van der Waals surface area contributed by atoms with E-state index < -0.39 is 11.9 Å². The van der Waals surface area contributed by atoms with Crippen LogP contribution in [-0.4, -0.2) is 70.5 Å². The van der Waals surface area contributed by atoms with E-state index in [0.29, 0.717) is 43.6 Å². The summed E-state index contributed by atoms with van der Waals surface area (Å²) in [6.07, 6.45) is 0. The quantitative estimate of drug-likeness (QED) is 0.192. The van der Waals surface area contributed by atoms with Crippen LogP contribution >= 0.6 is 46.7 Å². The molecule has 0 fully saturated rings. The van der Waals surface area contributed by atoms with Crippen molar-refractivity contribution in [3.05, 3.63) is 69.7 Å². The minimum absolute atomic E-state index is 0.00885. The van der Waals surface area contributed by atoms with E-state index in [1.54, 1.807) is 24.3 Å². The van der Waals surface area contributed by atoms with Gasteiger partial charge in [-0.25, -0.2) is 9.59 Å². The number of hydrogen-bond donors (Lipinski definition) is 2. The van der Waals surface area contributed by atoms with Gasteiger partial charge in [0.1, 0.15) is 0 Å². The van der Waals surface area contributed by atoms with E-state index in [0.717, 1.165) is 23.5 Å². The first-order valence-corrected chi connectivity index (χ1v) is 13.8. The van der Waals surface area contributed by atoms with Gasteiger partial charge in [0.05, 0.1) is 61.7 Å². The van der Waals surface area contributed by atoms with Crippen LogP contribution in [0.15, 0.2) is 68.6 Å². The van der Waals surface area contributed by atoms with Crippen molar-refractivity contribution in [3.63, 3.8) is 0 Å². The second-order valence-corrected chi connectivity index (χ2v) is 10.3. The third-order valence-corrected chi connectivity index (χ3v) is 7.42. The minimum atomic E-state index is -1.11. The number of aromatic carboxylic acids is 2. The summed E-state index contributed by atoms with van der Waals surface area (Å²) in [6.45, 7) is 0. The Morgan fingerprint density at radius 1 is 0.619 bits per heavy atom. The van der Waals surface area contributed by atoms with Gasteiger partial charge >= 0.3 is 11.9 Å². The molecule has 2 aromatic heterocycles. The van der Waals surface area contributed by atoms with Crippen LogP contribution in [0.4, 0.5) is 0 Å². The second kappa shape index (κ2) is 15.3. The zero-order chi connectivity index (χ0) is 30.8. The van der Waals surface area contributed by atoms with Gasteiger partial charge in [0.15, 0.2) is 10.3 Å². The Morgan fingerprint density at radius 3 is 1.19 bits per heavy atom. The monoisotopic (exact) mass is 652 g/mol. The Kier molecular flexibility index (Phi) is 11.9. The number of benzene rings is 2. The van der Waals surface area contributed by atoms with E-state index in [1.165, 1.54) is 52.7 Å². The number of ether oxygens (including phenoxy) is 4. The van der Waals surface area contributed by atoms with Gasteiger partial charge in [-0.3, -0.25) is 0 Å². The topological polar surface area (TPSA) is 163 Å².